The van der Waals surface area contributed by atoms with Crippen LogP contribution >= 0.6 is 0 Å². The maximum atomic E-state index is 5.29. The van der Waals surface area contributed by atoms with Crippen LogP contribution in [0.5, 0.6) is 0 Å². The summed E-state index contributed by atoms with van der Waals surface area (Å²) >= 11 is 0. The second kappa shape index (κ2) is 11.2. The first-order chi connectivity index (χ1) is 7.31. The monoisotopic (exact) mass is 214 g/mol. The molecule has 0 aliphatic heterocycles. The van der Waals surface area contributed by atoms with Crippen molar-refractivity contribution in [2.24, 2.45) is 10.7 Å². The van der Waals surface area contributed by atoms with Crippen molar-refractivity contribution in [1.29, 1.82) is 0 Å². The van der Waals surface area contributed by atoms with Gasteiger partial charge in [-0.3, -0.25) is 4.99 Å². The fourth-order valence-corrected chi connectivity index (χ4v) is 0.961. The number of aliphatic imine (C=N–C) groups is 1. The molecule has 0 aromatic rings. The third-order valence-corrected chi connectivity index (χ3v) is 1.74. The highest BCUT2D eigenvalue weighted by atomic mass is 14.9. The van der Waals surface area contributed by atoms with E-state index in [1.54, 1.807) is 0 Å². The molecule has 15 heavy (non-hydrogen) atoms. The molecule has 0 fully saturated rings. The van der Waals surface area contributed by atoms with Gasteiger partial charge in [-0.25, -0.2) is 0 Å². The van der Waals surface area contributed by atoms with E-state index in [9.17, 15) is 0 Å². The number of nitrogens with two attached hydrogens (primary N) is 1. The Balaban J connectivity index is 3.36. The summed E-state index contributed by atoms with van der Waals surface area (Å²) in [6.07, 6.45) is 5.85. The minimum absolute atomic E-state index is 0.375. The molecule has 0 aromatic heterocycles. The van der Waals surface area contributed by atoms with Crippen LogP contribution in [-0.2, 0) is 0 Å². The molecule has 0 aromatic carbocycles. The third-order valence-electron chi connectivity index (χ3n) is 1.74. The molecule has 0 aliphatic rings. The standard InChI is InChI=1S/C10H23N5/c1-10(15-7-4-12)2-5-13-8-9-14-6-3-11/h2,5,9-10,13,15H,3-4,6-8,11-12H2,1H3/p+1/b5-2+,14-9?. The van der Waals surface area contributed by atoms with Crippen molar-refractivity contribution in [3.8, 4) is 0 Å². The summed E-state index contributed by atoms with van der Waals surface area (Å²) in [5, 5.41) is 6.43. The van der Waals surface area contributed by atoms with Crippen LogP contribution in [0.15, 0.2) is 17.3 Å². The van der Waals surface area contributed by atoms with Gasteiger partial charge < -0.3 is 22.1 Å². The van der Waals surface area contributed by atoms with Crippen LogP contribution in [0.1, 0.15) is 6.92 Å². The number of hydrogen-bond donors (Lipinski definition) is 4. The van der Waals surface area contributed by atoms with E-state index < -0.39 is 0 Å². The SMILES string of the molecule is CC(/C=C/NCC=NCCN)NCC[NH3+]. The van der Waals surface area contributed by atoms with Crippen molar-refractivity contribution in [1.82, 2.24) is 10.6 Å². The largest absolute Gasteiger partial charge is 0.386 e. The highest BCUT2D eigenvalue weighted by molar-refractivity contribution is 5.59. The van der Waals surface area contributed by atoms with Gasteiger partial charge in [0.25, 0.3) is 0 Å². The summed E-state index contributed by atoms with van der Waals surface area (Å²) in [4.78, 5) is 4.09. The van der Waals surface area contributed by atoms with Crippen molar-refractivity contribution in [2.75, 3.05) is 32.7 Å². The molecular formula is C10H24N5+. The van der Waals surface area contributed by atoms with Crippen LogP contribution < -0.4 is 22.1 Å². The molecule has 5 nitrogen and oxygen atoms in total. The van der Waals surface area contributed by atoms with Crippen LogP contribution in [0.4, 0.5) is 0 Å². The average Bonchev–Trinajstić information content (AvgIpc) is 2.25. The molecule has 1 unspecified atom stereocenters. The summed E-state index contributed by atoms with van der Waals surface area (Å²) in [5.74, 6) is 0. The van der Waals surface area contributed by atoms with E-state index in [0.717, 1.165) is 19.6 Å². The first-order valence-corrected chi connectivity index (χ1v) is 5.42. The van der Waals surface area contributed by atoms with Crippen LogP contribution in [0.3, 0.4) is 0 Å². The Morgan fingerprint density at radius 2 is 2.33 bits per heavy atom. The molecule has 7 N–H and O–H groups in total. The molecule has 0 amide bonds. The minimum Gasteiger partial charge on any atom is -0.386 e. The number of quaternary nitrogens is 1. The molecule has 5 heteroatoms. The fourth-order valence-electron chi connectivity index (χ4n) is 0.961. The van der Waals surface area contributed by atoms with Gasteiger partial charge in [0.05, 0.1) is 13.1 Å². The summed E-state index contributed by atoms with van der Waals surface area (Å²) in [7, 11) is 0. The lowest BCUT2D eigenvalue weighted by Gasteiger charge is -2.06. The normalized spacial score (nSPS) is 13.8. The van der Waals surface area contributed by atoms with Gasteiger partial charge >= 0.3 is 0 Å². The predicted molar refractivity (Wildman–Crippen MR) is 64.8 cm³/mol. The van der Waals surface area contributed by atoms with Gasteiger partial charge in [-0.15, -0.1) is 0 Å². The van der Waals surface area contributed by atoms with Gasteiger partial charge in [-0.05, 0) is 13.1 Å². The third kappa shape index (κ3) is 11.0. The fraction of sp³-hybridized carbons (Fsp3) is 0.700. The van der Waals surface area contributed by atoms with Crippen molar-refractivity contribution >= 4 is 6.21 Å². The zero-order valence-electron chi connectivity index (χ0n) is 9.58. The lowest BCUT2D eigenvalue weighted by molar-refractivity contribution is -0.365. The Bertz CT molecular complexity index is 179. The van der Waals surface area contributed by atoms with E-state index >= 15 is 0 Å². The highest BCUT2D eigenvalue weighted by Crippen LogP contribution is 1.81. The topological polar surface area (TPSA) is 90.1 Å². The first kappa shape index (κ1) is 14.1. The van der Waals surface area contributed by atoms with Crippen LogP contribution in [0.2, 0.25) is 0 Å². The van der Waals surface area contributed by atoms with Gasteiger partial charge in [-0.1, -0.05) is 6.08 Å². The molecule has 1 atom stereocenters. The molecule has 0 radical (unpaired) electrons. The van der Waals surface area contributed by atoms with E-state index in [1.165, 1.54) is 0 Å². The van der Waals surface area contributed by atoms with Crippen molar-refractivity contribution < 1.29 is 5.73 Å². The minimum atomic E-state index is 0.375. The molecule has 0 heterocycles. The Labute approximate surface area is 92.0 Å². The Morgan fingerprint density at radius 3 is 3.00 bits per heavy atom. The lowest BCUT2D eigenvalue weighted by atomic mass is 10.3. The number of hydrogen-bond acceptors (Lipinski definition) is 4. The highest BCUT2D eigenvalue weighted by Gasteiger charge is 1.92. The maximum absolute atomic E-state index is 5.29. The zero-order valence-corrected chi connectivity index (χ0v) is 9.58. The smallest absolute Gasteiger partial charge is 0.0866 e. The van der Waals surface area contributed by atoms with Gasteiger partial charge in [0.2, 0.25) is 0 Å². The Morgan fingerprint density at radius 1 is 1.53 bits per heavy atom. The molecular weight excluding hydrogens is 190 g/mol. The van der Waals surface area contributed by atoms with Crippen LogP contribution in [-0.4, -0.2) is 45.0 Å². The van der Waals surface area contributed by atoms with Crippen LogP contribution in [0.25, 0.3) is 0 Å². The van der Waals surface area contributed by atoms with Crippen LogP contribution in [0, 0.1) is 0 Å². The second-order valence-electron chi connectivity index (χ2n) is 3.24. The van der Waals surface area contributed by atoms with E-state index in [4.69, 9.17) is 5.73 Å². The van der Waals surface area contributed by atoms with E-state index in [-0.39, 0.29) is 0 Å². The Kier molecular flexibility index (Phi) is 10.5. The second-order valence-corrected chi connectivity index (χ2v) is 3.24. The predicted octanol–water partition coefficient (Wildman–Crippen LogP) is -1.66. The number of nitrogens with one attached hydrogen (secondary N) is 2. The quantitative estimate of drug-likeness (QED) is 0.273. The van der Waals surface area contributed by atoms with Crippen molar-refractivity contribution in [3.63, 3.8) is 0 Å². The molecule has 0 spiro atoms. The summed E-state index contributed by atoms with van der Waals surface area (Å²) in [6, 6.07) is 0.375. The Hall–Kier alpha value is -0.910. The van der Waals surface area contributed by atoms with E-state index in [1.807, 2.05) is 12.4 Å². The van der Waals surface area contributed by atoms with E-state index in [2.05, 4.69) is 34.4 Å². The maximum Gasteiger partial charge on any atom is 0.0866 e. The first-order valence-electron chi connectivity index (χ1n) is 5.42. The van der Waals surface area contributed by atoms with Gasteiger partial charge in [-0.2, -0.15) is 0 Å². The van der Waals surface area contributed by atoms with Gasteiger partial charge in [0.15, 0.2) is 0 Å². The molecule has 0 saturated carbocycles. The zero-order chi connectivity index (χ0) is 11.4. The van der Waals surface area contributed by atoms with Crippen molar-refractivity contribution in [2.45, 2.75) is 13.0 Å². The summed E-state index contributed by atoms with van der Waals surface area (Å²) in [6.45, 7) is 6.03. The summed E-state index contributed by atoms with van der Waals surface area (Å²) in [5.41, 5.74) is 9.06. The molecule has 88 valence electrons. The van der Waals surface area contributed by atoms with Crippen molar-refractivity contribution in [3.05, 3.63) is 12.3 Å². The molecule has 0 aliphatic carbocycles. The average molecular weight is 214 g/mol. The molecule has 0 bridgehead atoms. The molecule has 0 saturated heterocycles. The molecule has 0 rings (SSSR count). The van der Waals surface area contributed by atoms with E-state index in [0.29, 0.717) is 19.1 Å². The lowest BCUT2D eigenvalue weighted by Crippen LogP contribution is -2.55. The van der Waals surface area contributed by atoms with Gasteiger partial charge in [0, 0.05) is 31.9 Å². The van der Waals surface area contributed by atoms with Gasteiger partial charge in [0.1, 0.15) is 0 Å². The number of rotatable bonds is 9. The number of nitrogens with zero attached hydrogens (tertiary/aromatic N) is 1. The summed E-state index contributed by atoms with van der Waals surface area (Å²) < 4.78 is 0.